The van der Waals surface area contributed by atoms with E-state index in [0.717, 1.165) is 5.06 Å². The molecule has 0 heterocycles. The number of hydrogen-bond donors (Lipinski definition) is 0. The maximum Gasteiger partial charge on any atom is 0.443 e. The predicted octanol–water partition coefficient (Wildman–Crippen LogP) is 0.941. The van der Waals surface area contributed by atoms with Crippen molar-refractivity contribution in [2.75, 3.05) is 7.05 Å². The average Bonchev–Trinajstić information content (AvgIpc) is 1.84. The van der Waals surface area contributed by atoms with Gasteiger partial charge in [-0.15, -0.1) is 5.06 Å². The van der Waals surface area contributed by atoms with Gasteiger partial charge < -0.3 is 9.57 Å². The third kappa shape index (κ3) is 4.54. The molecule has 1 amide bonds. The number of nitrogens with zero attached hydrogens (tertiary/aromatic N) is 1. The average molecular weight is 175 g/mol. The Morgan fingerprint density at radius 1 is 1.42 bits per heavy atom. The van der Waals surface area contributed by atoms with E-state index < -0.39 is 11.7 Å². The van der Waals surface area contributed by atoms with Crippen LogP contribution in [0.4, 0.5) is 4.79 Å². The number of hydroxylamine groups is 2. The molecule has 0 aromatic heterocycles. The van der Waals surface area contributed by atoms with Gasteiger partial charge in [0.25, 0.3) is 0 Å². The van der Waals surface area contributed by atoms with Crippen LogP contribution in [-0.2, 0) is 14.4 Å². The molecule has 0 radical (unpaired) electrons. The first-order valence-corrected chi connectivity index (χ1v) is 3.44. The summed E-state index contributed by atoms with van der Waals surface area (Å²) in [5.41, 5.74) is -0.586. The van der Waals surface area contributed by atoms with Gasteiger partial charge in [0, 0.05) is 0 Å². The number of hydrogen-bond acceptors (Lipinski definition) is 4. The van der Waals surface area contributed by atoms with Crippen molar-refractivity contribution in [3.63, 3.8) is 0 Å². The van der Waals surface area contributed by atoms with Crippen molar-refractivity contribution in [3.05, 3.63) is 0 Å². The molecule has 0 aromatic carbocycles. The van der Waals surface area contributed by atoms with Crippen LogP contribution in [0.2, 0.25) is 0 Å². The Kier molecular flexibility index (Phi) is 3.53. The lowest BCUT2D eigenvalue weighted by Crippen LogP contribution is -2.33. The van der Waals surface area contributed by atoms with Crippen molar-refractivity contribution >= 4 is 12.6 Å². The molecular formula is C7H13NO4. The van der Waals surface area contributed by atoms with Crippen molar-refractivity contribution < 1.29 is 19.2 Å². The number of ether oxygens (including phenoxy) is 1. The highest BCUT2D eigenvalue weighted by Crippen LogP contribution is 2.08. The molecule has 0 aliphatic carbocycles. The fourth-order valence-corrected chi connectivity index (χ4v) is 0.434. The second-order valence-electron chi connectivity index (χ2n) is 3.18. The summed E-state index contributed by atoms with van der Waals surface area (Å²) >= 11 is 0. The third-order valence-corrected chi connectivity index (χ3v) is 0.852. The number of carbonyl (C=O) groups excluding carboxylic acids is 2. The topological polar surface area (TPSA) is 55.8 Å². The van der Waals surface area contributed by atoms with Crippen LogP contribution in [0, 0.1) is 0 Å². The molecule has 0 saturated heterocycles. The van der Waals surface area contributed by atoms with Gasteiger partial charge in [-0.05, 0) is 20.8 Å². The fourth-order valence-electron chi connectivity index (χ4n) is 0.434. The second kappa shape index (κ2) is 3.94. The molecule has 0 aliphatic heterocycles. The Labute approximate surface area is 71.2 Å². The van der Waals surface area contributed by atoms with Gasteiger partial charge >= 0.3 is 12.6 Å². The summed E-state index contributed by atoms with van der Waals surface area (Å²) in [6, 6.07) is 0. The number of rotatable bonds is 2. The minimum absolute atomic E-state index is 0.157. The van der Waals surface area contributed by atoms with Gasteiger partial charge in [0.2, 0.25) is 0 Å². The standard InChI is InChI=1S/C7H13NO4/c1-7(2,3)12-6(10)8(4)11-5-9/h5H,1-4H3. The molecule has 5 nitrogen and oxygen atoms in total. The molecule has 0 N–H and O–H groups in total. The van der Waals surface area contributed by atoms with Crippen LogP contribution in [-0.4, -0.2) is 30.3 Å². The molecule has 0 atom stereocenters. The summed E-state index contributed by atoms with van der Waals surface area (Å²) in [6.07, 6.45) is -0.699. The smallest absolute Gasteiger partial charge is 0.442 e. The minimum atomic E-state index is -0.699. The minimum Gasteiger partial charge on any atom is -0.442 e. The molecule has 0 aromatic rings. The fraction of sp³-hybridized carbons (Fsp3) is 0.714. The Hall–Kier alpha value is -1.26. The van der Waals surface area contributed by atoms with Crippen molar-refractivity contribution in [2.45, 2.75) is 26.4 Å². The Morgan fingerprint density at radius 2 is 1.92 bits per heavy atom. The molecule has 70 valence electrons. The van der Waals surface area contributed by atoms with Gasteiger partial charge in [0.05, 0.1) is 7.05 Å². The highest BCUT2D eigenvalue weighted by Gasteiger charge is 2.20. The second-order valence-corrected chi connectivity index (χ2v) is 3.18. The van der Waals surface area contributed by atoms with E-state index in [1.54, 1.807) is 20.8 Å². The van der Waals surface area contributed by atoms with E-state index in [1.807, 2.05) is 0 Å². The van der Waals surface area contributed by atoms with E-state index in [9.17, 15) is 9.59 Å². The summed E-state index contributed by atoms with van der Waals surface area (Å²) in [5, 5.41) is 0.720. The van der Waals surface area contributed by atoms with Crippen molar-refractivity contribution in [1.82, 2.24) is 5.06 Å². The summed E-state index contributed by atoms with van der Waals surface area (Å²) in [4.78, 5) is 25.0. The van der Waals surface area contributed by atoms with Crippen LogP contribution in [0.25, 0.3) is 0 Å². The third-order valence-electron chi connectivity index (χ3n) is 0.852. The zero-order valence-corrected chi connectivity index (χ0v) is 7.66. The van der Waals surface area contributed by atoms with Crippen molar-refractivity contribution in [2.24, 2.45) is 0 Å². The first kappa shape index (κ1) is 10.7. The largest absolute Gasteiger partial charge is 0.443 e. The van der Waals surface area contributed by atoms with E-state index in [1.165, 1.54) is 7.05 Å². The zero-order valence-electron chi connectivity index (χ0n) is 7.66. The van der Waals surface area contributed by atoms with Gasteiger partial charge in [-0.2, -0.15) is 0 Å². The van der Waals surface area contributed by atoms with Crippen LogP contribution in [0.15, 0.2) is 0 Å². The normalized spacial score (nSPS) is 10.3. The Balaban J connectivity index is 3.95. The molecule has 0 spiro atoms. The van der Waals surface area contributed by atoms with E-state index in [-0.39, 0.29) is 6.47 Å². The molecule has 0 saturated carbocycles. The SMILES string of the molecule is CN(OC=O)C(=O)OC(C)(C)C. The Morgan fingerprint density at radius 3 is 2.25 bits per heavy atom. The molecule has 0 bridgehead atoms. The van der Waals surface area contributed by atoms with Crippen molar-refractivity contribution in [1.29, 1.82) is 0 Å². The summed E-state index contributed by atoms with van der Waals surface area (Å²) in [6.45, 7) is 5.32. The van der Waals surface area contributed by atoms with E-state index in [2.05, 4.69) is 4.84 Å². The van der Waals surface area contributed by atoms with Gasteiger partial charge in [0.15, 0.2) is 0 Å². The van der Waals surface area contributed by atoms with Crippen LogP contribution >= 0.6 is 0 Å². The van der Waals surface area contributed by atoms with E-state index in [4.69, 9.17) is 4.74 Å². The van der Waals surface area contributed by atoms with Crippen LogP contribution < -0.4 is 0 Å². The summed E-state index contributed by atoms with van der Waals surface area (Å²) in [5.74, 6) is 0. The van der Waals surface area contributed by atoms with Crippen LogP contribution in [0.5, 0.6) is 0 Å². The lowest BCUT2D eigenvalue weighted by atomic mass is 10.2. The molecule has 0 unspecified atom stereocenters. The summed E-state index contributed by atoms with van der Waals surface area (Å²) in [7, 11) is 1.29. The molecule has 5 heteroatoms. The molecule has 0 fully saturated rings. The van der Waals surface area contributed by atoms with Crippen LogP contribution in [0.3, 0.4) is 0 Å². The maximum absolute atomic E-state index is 11.0. The van der Waals surface area contributed by atoms with Gasteiger partial charge in [-0.1, -0.05) is 0 Å². The lowest BCUT2D eigenvalue weighted by Gasteiger charge is -2.22. The lowest BCUT2D eigenvalue weighted by molar-refractivity contribution is -0.162. The summed E-state index contributed by atoms with van der Waals surface area (Å²) < 4.78 is 4.86. The van der Waals surface area contributed by atoms with Gasteiger partial charge in [-0.25, -0.2) is 4.79 Å². The first-order chi connectivity index (χ1) is 5.37. The molecule has 0 aliphatic rings. The monoisotopic (exact) mass is 175 g/mol. The van der Waals surface area contributed by atoms with E-state index >= 15 is 0 Å². The maximum atomic E-state index is 11.0. The first-order valence-electron chi connectivity index (χ1n) is 3.44. The van der Waals surface area contributed by atoms with Crippen molar-refractivity contribution in [3.8, 4) is 0 Å². The highest BCUT2D eigenvalue weighted by atomic mass is 16.7. The molecular weight excluding hydrogens is 162 g/mol. The molecule has 0 rings (SSSR count). The zero-order chi connectivity index (χ0) is 9.78. The van der Waals surface area contributed by atoms with E-state index in [0.29, 0.717) is 0 Å². The quantitative estimate of drug-likeness (QED) is 0.463. The Bertz CT molecular complexity index is 173. The predicted molar refractivity (Wildman–Crippen MR) is 41.1 cm³/mol. The number of amides is 1. The highest BCUT2D eigenvalue weighted by molar-refractivity contribution is 5.67. The van der Waals surface area contributed by atoms with Crippen LogP contribution in [0.1, 0.15) is 20.8 Å². The number of carbonyl (C=O) groups is 2. The molecule has 12 heavy (non-hydrogen) atoms. The van der Waals surface area contributed by atoms with Gasteiger partial charge in [-0.3, -0.25) is 4.79 Å². The van der Waals surface area contributed by atoms with Gasteiger partial charge in [0.1, 0.15) is 5.60 Å².